The number of aromatic nitrogens is 2. The van der Waals surface area contributed by atoms with Gasteiger partial charge in [0.25, 0.3) is 0 Å². The summed E-state index contributed by atoms with van der Waals surface area (Å²) in [4.78, 5) is 12.1. The van der Waals surface area contributed by atoms with Crippen LogP contribution in [-0.4, -0.2) is 27.4 Å². The van der Waals surface area contributed by atoms with Crippen LogP contribution in [0.5, 0.6) is 0 Å². The van der Waals surface area contributed by atoms with Crippen molar-refractivity contribution >= 4 is 16.9 Å². The molecule has 0 bridgehead atoms. The molecule has 2 rings (SSSR count). The van der Waals surface area contributed by atoms with Crippen LogP contribution in [0, 0.1) is 0 Å². The van der Waals surface area contributed by atoms with Gasteiger partial charge in [0, 0.05) is 30.3 Å². The van der Waals surface area contributed by atoms with E-state index >= 15 is 0 Å². The van der Waals surface area contributed by atoms with Crippen molar-refractivity contribution in [1.29, 1.82) is 0 Å². The Hall–Kier alpha value is -1.10. The number of rotatable bonds is 2. The molecule has 2 heterocycles. The van der Waals surface area contributed by atoms with Crippen LogP contribution in [0.25, 0.3) is 0 Å². The van der Waals surface area contributed by atoms with Crippen molar-refractivity contribution in [1.82, 2.24) is 15.3 Å². The molecule has 68 valence electrons. The van der Waals surface area contributed by atoms with Gasteiger partial charge in [0.15, 0.2) is 5.17 Å². The Morgan fingerprint density at radius 3 is 2.92 bits per heavy atom. The van der Waals surface area contributed by atoms with Crippen LogP contribution in [0.1, 0.15) is 5.56 Å². The summed E-state index contributed by atoms with van der Waals surface area (Å²) in [5.41, 5.74) is 1.08. The first-order valence-corrected chi connectivity index (χ1v) is 5.09. The zero-order valence-electron chi connectivity index (χ0n) is 7.10. The average Bonchev–Trinajstić information content (AvgIpc) is 2.69. The topological polar surface area (TPSA) is 50.2 Å². The maximum atomic E-state index is 4.28. The predicted octanol–water partition coefficient (Wildman–Crippen LogP) is 0.669. The Morgan fingerprint density at radius 1 is 1.38 bits per heavy atom. The predicted molar refractivity (Wildman–Crippen MR) is 53.6 cm³/mol. The molecule has 13 heavy (non-hydrogen) atoms. The molecular formula is C8H10N4S. The molecule has 1 aliphatic rings. The quantitative estimate of drug-likeness (QED) is 0.751. The van der Waals surface area contributed by atoms with E-state index in [1.807, 2.05) is 0 Å². The summed E-state index contributed by atoms with van der Waals surface area (Å²) in [7, 11) is 0. The SMILES string of the molecule is c1ncc(CNC2=NCCS2)cn1. The van der Waals surface area contributed by atoms with Crippen LogP contribution in [0.15, 0.2) is 23.7 Å². The number of nitrogens with zero attached hydrogens (tertiary/aromatic N) is 3. The lowest BCUT2D eigenvalue weighted by molar-refractivity contribution is 0.900. The van der Waals surface area contributed by atoms with Crippen LogP contribution >= 0.6 is 11.8 Å². The molecule has 0 saturated carbocycles. The normalized spacial score (nSPS) is 15.5. The first-order valence-electron chi connectivity index (χ1n) is 4.10. The highest BCUT2D eigenvalue weighted by Crippen LogP contribution is 2.09. The lowest BCUT2D eigenvalue weighted by atomic mass is 10.3. The summed E-state index contributed by atoms with van der Waals surface area (Å²) in [5, 5.41) is 4.26. The minimum Gasteiger partial charge on any atom is -0.361 e. The number of hydrogen-bond donors (Lipinski definition) is 1. The van der Waals surface area contributed by atoms with E-state index in [0.29, 0.717) is 0 Å². The van der Waals surface area contributed by atoms with Crippen molar-refractivity contribution in [3.8, 4) is 0 Å². The third kappa shape index (κ3) is 2.42. The van der Waals surface area contributed by atoms with Gasteiger partial charge < -0.3 is 5.32 Å². The van der Waals surface area contributed by atoms with Gasteiger partial charge in [-0.15, -0.1) is 0 Å². The molecule has 1 aromatic rings. The second-order valence-corrected chi connectivity index (χ2v) is 3.72. The first kappa shape index (κ1) is 8.50. The van der Waals surface area contributed by atoms with Crippen LogP contribution in [0.3, 0.4) is 0 Å². The fraction of sp³-hybridized carbons (Fsp3) is 0.375. The highest BCUT2D eigenvalue weighted by molar-refractivity contribution is 8.14. The number of hydrogen-bond acceptors (Lipinski definition) is 5. The van der Waals surface area contributed by atoms with Gasteiger partial charge in [-0.3, -0.25) is 4.99 Å². The summed E-state index contributed by atoms with van der Waals surface area (Å²) in [6.07, 6.45) is 5.14. The Bertz CT molecular complexity index is 298. The third-order valence-corrected chi connectivity index (χ3v) is 2.58. The molecule has 0 spiro atoms. The summed E-state index contributed by atoms with van der Waals surface area (Å²) >= 11 is 1.76. The zero-order valence-corrected chi connectivity index (χ0v) is 7.92. The lowest BCUT2D eigenvalue weighted by Gasteiger charge is -2.03. The lowest BCUT2D eigenvalue weighted by Crippen LogP contribution is -2.18. The van der Waals surface area contributed by atoms with Gasteiger partial charge in [-0.05, 0) is 0 Å². The van der Waals surface area contributed by atoms with Gasteiger partial charge in [-0.2, -0.15) is 0 Å². The molecule has 1 aliphatic heterocycles. The van der Waals surface area contributed by atoms with Gasteiger partial charge in [0.2, 0.25) is 0 Å². The highest BCUT2D eigenvalue weighted by atomic mass is 32.2. The Labute approximate surface area is 80.9 Å². The fourth-order valence-electron chi connectivity index (χ4n) is 1.04. The monoisotopic (exact) mass is 194 g/mol. The van der Waals surface area contributed by atoms with E-state index in [-0.39, 0.29) is 0 Å². The van der Waals surface area contributed by atoms with Crippen molar-refractivity contribution in [2.24, 2.45) is 4.99 Å². The Balaban J connectivity index is 1.86. The van der Waals surface area contributed by atoms with Crippen molar-refractivity contribution in [3.05, 3.63) is 24.3 Å². The van der Waals surface area contributed by atoms with E-state index in [9.17, 15) is 0 Å². The van der Waals surface area contributed by atoms with Crippen molar-refractivity contribution in [2.45, 2.75) is 6.54 Å². The molecule has 0 radical (unpaired) electrons. The van der Waals surface area contributed by atoms with Crippen LogP contribution in [0.4, 0.5) is 0 Å². The maximum Gasteiger partial charge on any atom is 0.156 e. The molecule has 5 heteroatoms. The Morgan fingerprint density at radius 2 is 2.23 bits per heavy atom. The number of amidine groups is 1. The summed E-state index contributed by atoms with van der Waals surface area (Å²) in [5.74, 6) is 1.09. The molecular weight excluding hydrogens is 184 g/mol. The van der Waals surface area contributed by atoms with E-state index < -0.39 is 0 Å². The summed E-state index contributed by atoms with van der Waals surface area (Å²) in [6, 6.07) is 0. The minimum absolute atomic E-state index is 0.757. The first-order chi connectivity index (χ1) is 6.45. The average molecular weight is 194 g/mol. The number of nitrogens with one attached hydrogen (secondary N) is 1. The summed E-state index contributed by atoms with van der Waals surface area (Å²) in [6.45, 7) is 1.69. The van der Waals surface area contributed by atoms with E-state index in [0.717, 1.165) is 29.6 Å². The van der Waals surface area contributed by atoms with E-state index in [1.165, 1.54) is 6.33 Å². The molecule has 0 unspecified atom stereocenters. The third-order valence-electron chi connectivity index (χ3n) is 1.64. The second kappa shape index (κ2) is 4.23. The zero-order chi connectivity index (χ0) is 8.93. The second-order valence-electron chi connectivity index (χ2n) is 2.64. The molecule has 1 N–H and O–H groups in total. The van der Waals surface area contributed by atoms with Gasteiger partial charge in [0.05, 0.1) is 6.54 Å². The molecule has 0 fully saturated rings. The molecule has 4 nitrogen and oxygen atoms in total. The summed E-state index contributed by atoms with van der Waals surface area (Å²) < 4.78 is 0. The van der Waals surface area contributed by atoms with Gasteiger partial charge in [0.1, 0.15) is 6.33 Å². The maximum absolute atomic E-state index is 4.28. The molecule has 1 aromatic heterocycles. The molecule has 0 saturated heterocycles. The minimum atomic E-state index is 0.757. The van der Waals surface area contributed by atoms with Crippen molar-refractivity contribution in [2.75, 3.05) is 12.3 Å². The fourth-order valence-corrected chi connectivity index (χ4v) is 1.77. The van der Waals surface area contributed by atoms with Crippen LogP contribution < -0.4 is 5.32 Å². The van der Waals surface area contributed by atoms with Crippen LogP contribution in [0.2, 0.25) is 0 Å². The van der Waals surface area contributed by atoms with E-state index in [4.69, 9.17) is 0 Å². The molecule has 0 aromatic carbocycles. The van der Waals surface area contributed by atoms with Gasteiger partial charge in [-0.1, -0.05) is 11.8 Å². The van der Waals surface area contributed by atoms with Gasteiger partial charge in [-0.25, -0.2) is 9.97 Å². The largest absolute Gasteiger partial charge is 0.361 e. The number of aliphatic imine (C=N–C) groups is 1. The highest BCUT2D eigenvalue weighted by Gasteiger charge is 2.05. The van der Waals surface area contributed by atoms with E-state index in [1.54, 1.807) is 24.2 Å². The Kier molecular flexibility index (Phi) is 2.76. The molecule has 0 atom stereocenters. The molecule has 0 amide bonds. The van der Waals surface area contributed by atoms with Gasteiger partial charge >= 0.3 is 0 Å². The van der Waals surface area contributed by atoms with Crippen LogP contribution in [-0.2, 0) is 6.54 Å². The van der Waals surface area contributed by atoms with Crippen molar-refractivity contribution < 1.29 is 0 Å². The number of thioether (sulfide) groups is 1. The smallest absolute Gasteiger partial charge is 0.156 e. The van der Waals surface area contributed by atoms with E-state index in [2.05, 4.69) is 20.3 Å². The standard InChI is InChI=1S/C8H10N4S/c1-2-13-8(11-1)12-5-7-3-9-6-10-4-7/h3-4,6H,1-2,5H2,(H,11,12). The van der Waals surface area contributed by atoms with Crippen molar-refractivity contribution in [3.63, 3.8) is 0 Å². The molecule has 0 aliphatic carbocycles.